The van der Waals surface area contributed by atoms with Gasteiger partial charge in [0.25, 0.3) is 0 Å². The predicted molar refractivity (Wildman–Crippen MR) is 95.8 cm³/mol. The highest BCUT2D eigenvalue weighted by Gasteiger charge is 2.13. The van der Waals surface area contributed by atoms with Crippen molar-refractivity contribution in [2.75, 3.05) is 0 Å². The molecule has 112 valence electrons. The first-order valence-corrected chi connectivity index (χ1v) is 7.73. The van der Waals surface area contributed by atoms with Gasteiger partial charge in [-0.15, -0.1) is 0 Å². The Morgan fingerprint density at radius 2 is 1.39 bits per heavy atom. The number of pyridine rings is 1. The van der Waals surface area contributed by atoms with Crippen molar-refractivity contribution in [3.05, 3.63) is 71.8 Å². The highest BCUT2D eigenvalue weighted by atomic mass is 16.3. The molecule has 1 aromatic heterocycles. The molecule has 0 unspecified atom stereocenters. The monoisotopic (exact) mass is 299 g/mol. The number of para-hydroxylation sites is 1. The summed E-state index contributed by atoms with van der Waals surface area (Å²) in [7, 11) is 0. The van der Waals surface area contributed by atoms with E-state index < -0.39 is 0 Å². The van der Waals surface area contributed by atoms with E-state index in [2.05, 4.69) is 38.1 Å². The van der Waals surface area contributed by atoms with Gasteiger partial charge in [-0.2, -0.15) is 0 Å². The summed E-state index contributed by atoms with van der Waals surface area (Å²) >= 11 is 0. The molecule has 0 aliphatic carbocycles. The Kier molecular flexibility index (Phi) is 3.05. The molecule has 0 amide bonds. The lowest BCUT2D eigenvalue weighted by atomic mass is 9.97. The van der Waals surface area contributed by atoms with Crippen LogP contribution in [0.2, 0.25) is 0 Å². The normalized spacial score (nSPS) is 11.2. The van der Waals surface area contributed by atoms with Crippen molar-refractivity contribution in [3.63, 3.8) is 0 Å². The molecule has 0 atom stereocenters. The fraction of sp³-hybridized carbons (Fsp3) is 0.0952. The summed E-state index contributed by atoms with van der Waals surface area (Å²) in [5, 5.41) is 13.6. The van der Waals surface area contributed by atoms with Crippen LogP contribution in [0.15, 0.2) is 60.7 Å². The maximum atomic E-state index is 10.3. The van der Waals surface area contributed by atoms with Gasteiger partial charge in [-0.25, -0.2) is 4.98 Å². The van der Waals surface area contributed by atoms with Crippen LogP contribution >= 0.6 is 0 Å². The molecule has 0 saturated carbocycles. The molecule has 0 saturated heterocycles. The molecule has 4 aromatic rings. The molecule has 2 nitrogen and oxygen atoms in total. The van der Waals surface area contributed by atoms with Gasteiger partial charge in [-0.3, -0.25) is 0 Å². The molecule has 23 heavy (non-hydrogen) atoms. The molecule has 1 heterocycles. The van der Waals surface area contributed by atoms with Crippen LogP contribution in [0.3, 0.4) is 0 Å². The fourth-order valence-corrected chi connectivity index (χ4v) is 3.09. The van der Waals surface area contributed by atoms with Crippen molar-refractivity contribution in [1.29, 1.82) is 0 Å². The Morgan fingerprint density at radius 3 is 2.17 bits per heavy atom. The highest BCUT2D eigenvalue weighted by molar-refractivity contribution is 6.11. The van der Waals surface area contributed by atoms with E-state index in [-0.39, 0.29) is 5.75 Å². The second kappa shape index (κ2) is 5.10. The Labute approximate surface area is 135 Å². The zero-order valence-electron chi connectivity index (χ0n) is 13.2. The third-order valence-corrected chi connectivity index (χ3v) is 4.48. The maximum absolute atomic E-state index is 10.3. The molecular weight excluding hydrogens is 282 g/mol. The van der Waals surface area contributed by atoms with E-state index in [0.29, 0.717) is 0 Å². The topological polar surface area (TPSA) is 33.1 Å². The van der Waals surface area contributed by atoms with Gasteiger partial charge in [-0.05, 0) is 54.6 Å². The standard InChI is InChI=1S/C21H17NO/c1-13-11-18-15-7-3-4-8-16(15)21(22-19(18)12-14(13)2)17-9-5-6-10-20(17)23/h3-12,23H,1-2H3. The Bertz CT molecular complexity index is 1050. The molecule has 2 heteroatoms. The Morgan fingerprint density at radius 1 is 0.739 bits per heavy atom. The second-order valence-corrected chi connectivity index (χ2v) is 5.98. The molecular formula is C21H17NO. The number of rotatable bonds is 1. The third-order valence-electron chi connectivity index (χ3n) is 4.48. The van der Waals surface area contributed by atoms with Gasteiger partial charge < -0.3 is 5.11 Å². The lowest BCUT2D eigenvalue weighted by Crippen LogP contribution is -1.92. The van der Waals surface area contributed by atoms with Crippen LogP contribution < -0.4 is 0 Å². The van der Waals surface area contributed by atoms with E-state index in [4.69, 9.17) is 4.98 Å². The first kappa shape index (κ1) is 13.8. The lowest BCUT2D eigenvalue weighted by Gasteiger charge is -2.12. The van der Waals surface area contributed by atoms with Gasteiger partial charge in [0.2, 0.25) is 0 Å². The van der Waals surface area contributed by atoms with Gasteiger partial charge in [-0.1, -0.05) is 36.4 Å². The number of aromatic hydroxyl groups is 1. The maximum Gasteiger partial charge on any atom is 0.124 e. The lowest BCUT2D eigenvalue weighted by molar-refractivity contribution is 0.477. The van der Waals surface area contributed by atoms with Crippen LogP contribution in [-0.2, 0) is 0 Å². The number of benzene rings is 3. The zero-order valence-corrected chi connectivity index (χ0v) is 13.2. The summed E-state index contributed by atoms with van der Waals surface area (Å²) in [4.78, 5) is 4.88. The fourth-order valence-electron chi connectivity index (χ4n) is 3.09. The molecule has 3 aromatic carbocycles. The van der Waals surface area contributed by atoms with Crippen LogP contribution in [0.25, 0.3) is 32.9 Å². The number of aromatic nitrogens is 1. The zero-order chi connectivity index (χ0) is 16.0. The average Bonchev–Trinajstić information content (AvgIpc) is 2.56. The molecule has 0 fully saturated rings. The van der Waals surface area contributed by atoms with Crippen LogP contribution in [-0.4, -0.2) is 10.1 Å². The van der Waals surface area contributed by atoms with Crippen molar-refractivity contribution in [2.45, 2.75) is 13.8 Å². The van der Waals surface area contributed by atoms with Crippen molar-refractivity contribution in [2.24, 2.45) is 0 Å². The van der Waals surface area contributed by atoms with Crippen molar-refractivity contribution in [3.8, 4) is 17.0 Å². The van der Waals surface area contributed by atoms with E-state index in [1.165, 1.54) is 16.5 Å². The van der Waals surface area contributed by atoms with Crippen molar-refractivity contribution in [1.82, 2.24) is 4.98 Å². The van der Waals surface area contributed by atoms with Gasteiger partial charge in [0.05, 0.1) is 11.2 Å². The molecule has 4 rings (SSSR count). The summed E-state index contributed by atoms with van der Waals surface area (Å²) in [6.45, 7) is 4.23. The summed E-state index contributed by atoms with van der Waals surface area (Å²) in [6, 6.07) is 20.0. The van der Waals surface area contributed by atoms with E-state index in [0.717, 1.165) is 27.5 Å². The van der Waals surface area contributed by atoms with Gasteiger partial charge in [0.1, 0.15) is 5.75 Å². The molecule has 0 bridgehead atoms. The first-order chi connectivity index (χ1) is 11.1. The van der Waals surface area contributed by atoms with Crippen molar-refractivity contribution < 1.29 is 5.11 Å². The number of phenolic OH excluding ortho intramolecular Hbond substituents is 1. The Hall–Kier alpha value is -2.87. The van der Waals surface area contributed by atoms with Crippen LogP contribution in [0.5, 0.6) is 5.75 Å². The second-order valence-electron chi connectivity index (χ2n) is 5.98. The smallest absolute Gasteiger partial charge is 0.124 e. The summed E-state index contributed by atoms with van der Waals surface area (Å²) < 4.78 is 0. The number of hydrogen-bond donors (Lipinski definition) is 1. The van der Waals surface area contributed by atoms with Gasteiger partial charge >= 0.3 is 0 Å². The molecule has 1 N–H and O–H groups in total. The van der Waals surface area contributed by atoms with Crippen LogP contribution in [0.1, 0.15) is 11.1 Å². The highest BCUT2D eigenvalue weighted by Crippen LogP contribution is 2.36. The summed E-state index contributed by atoms with van der Waals surface area (Å²) in [5.41, 5.74) is 5.05. The first-order valence-electron chi connectivity index (χ1n) is 7.73. The SMILES string of the molecule is Cc1cc2nc(-c3ccccc3O)c3ccccc3c2cc1C. The molecule has 0 aliphatic rings. The predicted octanol–water partition coefficient (Wildman–Crippen LogP) is 5.38. The molecule has 0 radical (unpaired) electrons. The minimum absolute atomic E-state index is 0.258. The number of nitrogens with zero attached hydrogens (tertiary/aromatic N) is 1. The average molecular weight is 299 g/mol. The van der Waals surface area contributed by atoms with Crippen LogP contribution in [0.4, 0.5) is 0 Å². The summed E-state index contributed by atoms with van der Waals surface area (Å²) in [6.07, 6.45) is 0. The summed E-state index contributed by atoms with van der Waals surface area (Å²) in [5.74, 6) is 0.258. The van der Waals surface area contributed by atoms with E-state index in [1.54, 1.807) is 6.07 Å². The Balaban J connectivity index is 2.19. The van der Waals surface area contributed by atoms with E-state index >= 15 is 0 Å². The molecule has 0 aliphatic heterocycles. The minimum atomic E-state index is 0.258. The largest absolute Gasteiger partial charge is 0.507 e. The number of hydrogen-bond acceptors (Lipinski definition) is 2. The van der Waals surface area contributed by atoms with E-state index in [9.17, 15) is 5.11 Å². The van der Waals surface area contributed by atoms with Crippen molar-refractivity contribution >= 4 is 21.7 Å². The van der Waals surface area contributed by atoms with Crippen LogP contribution in [0, 0.1) is 13.8 Å². The number of phenols is 1. The number of aryl methyl sites for hydroxylation is 2. The van der Waals surface area contributed by atoms with Gasteiger partial charge in [0.15, 0.2) is 0 Å². The quantitative estimate of drug-likeness (QED) is 0.479. The number of fused-ring (bicyclic) bond motifs is 3. The molecule has 0 spiro atoms. The third kappa shape index (κ3) is 2.15. The van der Waals surface area contributed by atoms with E-state index in [1.807, 2.05) is 30.3 Å². The minimum Gasteiger partial charge on any atom is -0.507 e. The van der Waals surface area contributed by atoms with Gasteiger partial charge in [0, 0.05) is 16.3 Å².